The van der Waals surface area contributed by atoms with E-state index < -0.39 is 0 Å². The predicted octanol–water partition coefficient (Wildman–Crippen LogP) is 7.16. The maximum absolute atomic E-state index is 11.2. The van der Waals surface area contributed by atoms with Crippen molar-refractivity contribution in [3.05, 3.63) is 23.8 Å². The van der Waals surface area contributed by atoms with E-state index in [1.165, 1.54) is 63.4 Å². The molecule has 4 rings (SSSR count). The third kappa shape index (κ3) is 3.24. The molecule has 4 aliphatic rings. The molecule has 0 bridgehead atoms. The summed E-state index contributed by atoms with van der Waals surface area (Å²) in [4.78, 5) is 0. The Morgan fingerprint density at radius 2 is 1.82 bits per heavy atom. The molecule has 1 heteroatoms. The summed E-state index contributed by atoms with van der Waals surface area (Å²) in [5.74, 6) is 4.43. The second kappa shape index (κ2) is 7.60. The second-order valence-corrected chi connectivity index (χ2v) is 11.8. The summed E-state index contributed by atoms with van der Waals surface area (Å²) in [6, 6.07) is 0. The van der Waals surface area contributed by atoms with Gasteiger partial charge in [-0.05, 0) is 90.4 Å². The van der Waals surface area contributed by atoms with E-state index in [2.05, 4.69) is 52.8 Å². The van der Waals surface area contributed by atoms with Crippen LogP contribution in [0.1, 0.15) is 92.4 Å². The Kier molecular flexibility index (Phi) is 5.62. The van der Waals surface area contributed by atoms with Crippen LogP contribution in [0.15, 0.2) is 23.8 Å². The van der Waals surface area contributed by atoms with Gasteiger partial charge in [-0.3, -0.25) is 0 Å². The Hall–Kier alpha value is -0.560. The van der Waals surface area contributed by atoms with Crippen LogP contribution in [0.4, 0.5) is 0 Å². The van der Waals surface area contributed by atoms with Gasteiger partial charge in [-0.2, -0.15) is 0 Å². The first-order valence-corrected chi connectivity index (χ1v) is 12.3. The van der Waals surface area contributed by atoms with Crippen LogP contribution in [0.2, 0.25) is 0 Å². The summed E-state index contributed by atoms with van der Waals surface area (Å²) in [5.41, 5.74) is 2.19. The quantitative estimate of drug-likeness (QED) is 0.533. The van der Waals surface area contributed by atoms with Crippen LogP contribution < -0.4 is 0 Å². The maximum atomic E-state index is 11.2. The molecule has 0 heterocycles. The van der Waals surface area contributed by atoms with Crippen molar-refractivity contribution < 1.29 is 5.11 Å². The third-order valence-electron chi connectivity index (χ3n) is 9.88. The van der Waals surface area contributed by atoms with Gasteiger partial charge >= 0.3 is 0 Å². The van der Waals surface area contributed by atoms with Crippen molar-refractivity contribution in [2.45, 2.75) is 98.5 Å². The molecule has 0 aliphatic heterocycles. The molecule has 1 nitrogen and oxygen atoms in total. The van der Waals surface area contributed by atoms with E-state index in [1.807, 2.05) is 0 Å². The van der Waals surface area contributed by atoms with E-state index >= 15 is 0 Å². The van der Waals surface area contributed by atoms with Gasteiger partial charge in [0.25, 0.3) is 0 Å². The number of hydrogen-bond acceptors (Lipinski definition) is 1. The van der Waals surface area contributed by atoms with Crippen LogP contribution in [0.5, 0.6) is 0 Å². The molecule has 0 spiro atoms. The average Bonchev–Trinajstić information content (AvgIpc) is 2.99. The summed E-state index contributed by atoms with van der Waals surface area (Å²) in [7, 11) is 0. The molecular weight excluding hydrogens is 340 g/mol. The zero-order valence-electron chi connectivity index (χ0n) is 19.1. The first-order valence-electron chi connectivity index (χ1n) is 12.3. The van der Waals surface area contributed by atoms with Crippen molar-refractivity contribution in [2.24, 2.45) is 46.3 Å². The molecule has 0 aromatic rings. The van der Waals surface area contributed by atoms with E-state index in [4.69, 9.17) is 0 Å². The van der Waals surface area contributed by atoms with Crippen LogP contribution in [0.25, 0.3) is 0 Å². The molecule has 0 amide bonds. The fraction of sp³-hybridized carbons (Fsp3) is 0.852. The Morgan fingerprint density at radius 3 is 2.57 bits per heavy atom. The number of allylic oxidation sites excluding steroid dienone is 3. The second-order valence-electron chi connectivity index (χ2n) is 11.8. The highest BCUT2D eigenvalue weighted by Crippen LogP contribution is 2.66. The van der Waals surface area contributed by atoms with Gasteiger partial charge in [-0.1, -0.05) is 72.1 Å². The van der Waals surface area contributed by atoms with Crippen LogP contribution in [-0.2, 0) is 0 Å². The van der Waals surface area contributed by atoms with Gasteiger partial charge < -0.3 is 5.11 Å². The molecule has 2 saturated carbocycles. The zero-order valence-corrected chi connectivity index (χ0v) is 19.1. The van der Waals surface area contributed by atoms with E-state index in [0.717, 1.165) is 23.7 Å². The van der Waals surface area contributed by atoms with Gasteiger partial charge in [0.2, 0.25) is 0 Å². The number of hydrogen-bond donors (Lipinski definition) is 1. The molecule has 8 atom stereocenters. The molecule has 28 heavy (non-hydrogen) atoms. The van der Waals surface area contributed by atoms with Gasteiger partial charge in [0.1, 0.15) is 0 Å². The van der Waals surface area contributed by atoms with Gasteiger partial charge in [-0.25, -0.2) is 0 Å². The van der Waals surface area contributed by atoms with Crippen LogP contribution in [-0.4, -0.2) is 11.2 Å². The van der Waals surface area contributed by atoms with Crippen LogP contribution >= 0.6 is 0 Å². The topological polar surface area (TPSA) is 20.2 Å². The normalized spacial score (nSPS) is 46.0. The minimum absolute atomic E-state index is 0.226. The van der Waals surface area contributed by atoms with E-state index in [9.17, 15) is 5.11 Å². The molecule has 4 aliphatic carbocycles. The summed E-state index contributed by atoms with van der Waals surface area (Å²) in [5, 5.41) is 11.2. The Balaban J connectivity index is 1.54. The van der Waals surface area contributed by atoms with Crippen molar-refractivity contribution >= 4 is 0 Å². The van der Waals surface area contributed by atoms with Crippen molar-refractivity contribution in [3.8, 4) is 0 Å². The number of aliphatic hydroxyl groups excluding tert-OH is 1. The largest absolute Gasteiger partial charge is 0.389 e. The fourth-order valence-electron chi connectivity index (χ4n) is 8.31. The van der Waals surface area contributed by atoms with Crippen molar-refractivity contribution in [1.82, 2.24) is 0 Å². The monoisotopic (exact) mass is 384 g/mol. The van der Waals surface area contributed by atoms with Crippen molar-refractivity contribution in [1.29, 1.82) is 0 Å². The van der Waals surface area contributed by atoms with E-state index in [1.54, 1.807) is 0 Å². The highest BCUT2D eigenvalue weighted by atomic mass is 16.3. The van der Waals surface area contributed by atoms with Gasteiger partial charge in [0, 0.05) is 0 Å². The van der Waals surface area contributed by atoms with Crippen LogP contribution in [0, 0.1) is 46.3 Å². The van der Waals surface area contributed by atoms with Crippen molar-refractivity contribution in [3.63, 3.8) is 0 Å². The lowest BCUT2D eigenvalue weighted by Gasteiger charge is -2.58. The summed E-state index contributed by atoms with van der Waals surface area (Å²) in [6.45, 7) is 12.4. The molecule has 0 aromatic heterocycles. The third-order valence-corrected chi connectivity index (χ3v) is 9.88. The smallest absolute Gasteiger partial charge is 0.0760 e. The first-order chi connectivity index (χ1) is 13.3. The van der Waals surface area contributed by atoms with Gasteiger partial charge in [0.15, 0.2) is 0 Å². The Bertz CT molecular complexity index is 630. The Labute approximate surface area is 174 Å². The lowest BCUT2D eigenvalue weighted by atomic mass is 9.47. The molecule has 1 N–H and O–H groups in total. The lowest BCUT2D eigenvalue weighted by molar-refractivity contribution is -0.0880. The molecular formula is C27H44O. The molecule has 0 saturated heterocycles. The summed E-state index contributed by atoms with van der Waals surface area (Å²) in [6.07, 6.45) is 18.8. The molecule has 158 valence electrons. The minimum atomic E-state index is -0.226. The highest BCUT2D eigenvalue weighted by molar-refractivity contribution is 5.35. The zero-order chi connectivity index (χ0) is 20.1. The van der Waals surface area contributed by atoms with E-state index in [-0.39, 0.29) is 6.10 Å². The van der Waals surface area contributed by atoms with Gasteiger partial charge in [0.05, 0.1) is 6.10 Å². The van der Waals surface area contributed by atoms with E-state index in [0.29, 0.717) is 22.7 Å². The summed E-state index contributed by atoms with van der Waals surface area (Å²) >= 11 is 0. The average molecular weight is 385 g/mol. The molecule has 0 aromatic carbocycles. The molecule has 0 radical (unpaired) electrons. The van der Waals surface area contributed by atoms with Crippen LogP contribution in [0.3, 0.4) is 0 Å². The number of aliphatic hydroxyl groups is 1. The number of rotatable bonds is 5. The standard InChI is InChI=1S/C27H44O/c1-18(2)9-8-10-19(3)21-12-13-22-25-23(14-16-27(21,22)5)26(4)15-7-6-11-20(26)17-24(25)28/h6,11,17-19,21-25,28H,7-10,12-16H2,1-5H3/t19-,21-,22+,23+,24?,25+,26+,27-/m1/s1. The highest BCUT2D eigenvalue weighted by Gasteiger charge is 2.60. The Morgan fingerprint density at radius 1 is 1.04 bits per heavy atom. The number of fused-ring (bicyclic) bond motifs is 5. The first kappa shape index (κ1) is 20.7. The fourth-order valence-corrected chi connectivity index (χ4v) is 8.31. The predicted molar refractivity (Wildman–Crippen MR) is 119 cm³/mol. The SMILES string of the molecule is CC(C)CCC[C@@H](C)[C@H]1CC[C@H]2[C@@H]3C(O)C=C4C=CCC[C@]4(C)[C@H]3CC[C@]12C. The molecule has 2 fully saturated rings. The lowest BCUT2D eigenvalue weighted by Crippen LogP contribution is -2.53. The van der Waals surface area contributed by atoms with Crippen molar-refractivity contribution in [2.75, 3.05) is 0 Å². The summed E-state index contributed by atoms with van der Waals surface area (Å²) < 4.78 is 0. The minimum Gasteiger partial charge on any atom is -0.389 e. The van der Waals surface area contributed by atoms with Gasteiger partial charge in [-0.15, -0.1) is 0 Å². The molecule has 1 unspecified atom stereocenters. The maximum Gasteiger partial charge on any atom is 0.0760 e.